The number of aromatic nitrogens is 2. The van der Waals surface area contributed by atoms with Crippen LogP contribution in [0.4, 0.5) is 0 Å². The number of thioether (sulfide) groups is 1. The van der Waals surface area contributed by atoms with Gasteiger partial charge in [0, 0.05) is 5.75 Å². The number of nitrogens with zero attached hydrogens (tertiary/aromatic N) is 1. The molecule has 0 fully saturated rings. The number of aromatic hydroxyl groups is 1. The van der Waals surface area contributed by atoms with Crippen LogP contribution in [0.1, 0.15) is 25.3 Å². The third-order valence-corrected chi connectivity index (χ3v) is 2.90. The maximum atomic E-state index is 11.6. The molecule has 6 nitrogen and oxygen atoms in total. The van der Waals surface area contributed by atoms with Crippen LogP contribution in [-0.2, 0) is 11.2 Å². The lowest BCUT2D eigenvalue weighted by Crippen LogP contribution is -2.15. The Hall–Kier alpha value is -1.50. The van der Waals surface area contributed by atoms with Crippen molar-refractivity contribution in [3.63, 3.8) is 0 Å². The van der Waals surface area contributed by atoms with Gasteiger partial charge in [0.25, 0.3) is 5.56 Å². The maximum Gasteiger partial charge on any atom is 0.304 e. The Balaban J connectivity index is 2.76. The van der Waals surface area contributed by atoms with E-state index in [9.17, 15) is 14.7 Å². The van der Waals surface area contributed by atoms with Gasteiger partial charge in [-0.1, -0.05) is 25.1 Å². The molecule has 0 aliphatic heterocycles. The molecule has 0 aromatic carbocycles. The van der Waals surface area contributed by atoms with E-state index >= 15 is 0 Å². The highest BCUT2D eigenvalue weighted by Crippen LogP contribution is 2.17. The number of nitrogens with one attached hydrogen (secondary N) is 1. The molecule has 1 aromatic heterocycles. The molecule has 0 spiro atoms. The van der Waals surface area contributed by atoms with E-state index in [-0.39, 0.29) is 28.6 Å². The van der Waals surface area contributed by atoms with Crippen LogP contribution in [0.5, 0.6) is 5.88 Å². The quantitative estimate of drug-likeness (QED) is 0.519. The van der Waals surface area contributed by atoms with Crippen LogP contribution in [0.2, 0.25) is 0 Å². The zero-order chi connectivity index (χ0) is 12.8. The summed E-state index contributed by atoms with van der Waals surface area (Å²) in [5.74, 6) is -0.884. The van der Waals surface area contributed by atoms with Gasteiger partial charge in [-0.05, 0) is 6.42 Å². The van der Waals surface area contributed by atoms with Crippen molar-refractivity contribution in [2.75, 3.05) is 5.75 Å². The molecule has 0 amide bonds. The van der Waals surface area contributed by atoms with Gasteiger partial charge in [-0.2, -0.15) is 4.98 Å². The average molecular weight is 258 g/mol. The van der Waals surface area contributed by atoms with E-state index in [2.05, 4.69) is 9.97 Å². The van der Waals surface area contributed by atoms with Gasteiger partial charge in [0.1, 0.15) is 0 Å². The fourth-order valence-electron chi connectivity index (χ4n) is 1.24. The van der Waals surface area contributed by atoms with Crippen molar-refractivity contribution in [3.05, 3.63) is 15.9 Å². The molecule has 0 aliphatic rings. The summed E-state index contributed by atoms with van der Waals surface area (Å²) in [5, 5.41) is 18.3. The molecule has 0 atom stereocenters. The summed E-state index contributed by atoms with van der Waals surface area (Å²) >= 11 is 1.10. The van der Waals surface area contributed by atoms with E-state index in [0.29, 0.717) is 12.2 Å². The monoisotopic (exact) mass is 258 g/mol. The van der Waals surface area contributed by atoms with E-state index in [4.69, 9.17) is 5.11 Å². The Kier molecular flexibility index (Phi) is 5.02. The maximum absolute atomic E-state index is 11.6. The van der Waals surface area contributed by atoms with Crippen molar-refractivity contribution in [1.82, 2.24) is 9.97 Å². The van der Waals surface area contributed by atoms with Crippen molar-refractivity contribution in [1.29, 1.82) is 0 Å². The highest BCUT2D eigenvalue weighted by molar-refractivity contribution is 7.99. The van der Waals surface area contributed by atoms with Gasteiger partial charge in [-0.3, -0.25) is 9.59 Å². The van der Waals surface area contributed by atoms with Crippen molar-refractivity contribution in [2.24, 2.45) is 0 Å². The molecule has 94 valence electrons. The SMILES string of the molecule is CCCc1c(O)nc(SCCC(=O)O)[nH]c1=O. The first-order chi connectivity index (χ1) is 8.04. The number of carboxylic acid groups (broad SMARTS) is 1. The third-order valence-electron chi connectivity index (χ3n) is 2.03. The van der Waals surface area contributed by atoms with Crippen LogP contribution in [-0.4, -0.2) is 31.9 Å². The third kappa shape index (κ3) is 4.10. The number of hydrogen-bond acceptors (Lipinski definition) is 5. The van der Waals surface area contributed by atoms with Crippen LogP contribution in [0.3, 0.4) is 0 Å². The van der Waals surface area contributed by atoms with Crippen molar-refractivity contribution in [3.8, 4) is 5.88 Å². The molecule has 0 radical (unpaired) electrons. The zero-order valence-electron chi connectivity index (χ0n) is 9.39. The van der Waals surface area contributed by atoms with E-state index in [1.807, 2.05) is 6.92 Å². The average Bonchev–Trinajstić information content (AvgIpc) is 2.23. The molecular weight excluding hydrogens is 244 g/mol. The summed E-state index contributed by atoms with van der Waals surface area (Å²) in [7, 11) is 0. The second kappa shape index (κ2) is 6.29. The van der Waals surface area contributed by atoms with E-state index in [1.165, 1.54) is 0 Å². The molecular formula is C10H14N2O4S. The fraction of sp³-hybridized carbons (Fsp3) is 0.500. The number of aromatic amines is 1. The second-order valence-electron chi connectivity index (χ2n) is 3.42. The highest BCUT2D eigenvalue weighted by atomic mass is 32.2. The molecule has 1 rings (SSSR count). The smallest absolute Gasteiger partial charge is 0.304 e. The Bertz CT molecular complexity index is 458. The molecule has 1 aromatic rings. The minimum Gasteiger partial charge on any atom is -0.493 e. The fourth-order valence-corrected chi connectivity index (χ4v) is 2.03. The topological polar surface area (TPSA) is 103 Å². The normalized spacial score (nSPS) is 10.4. The minimum absolute atomic E-state index is 0.0220. The zero-order valence-corrected chi connectivity index (χ0v) is 10.2. The molecule has 0 aliphatic carbocycles. The first-order valence-corrected chi connectivity index (χ1v) is 6.20. The summed E-state index contributed by atoms with van der Waals surface area (Å²) in [6.45, 7) is 1.90. The lowest BCUT2D eigenvalue weighted by Gasteiger charge is -2.03. The Morgan fingerprint density at radius 1 is 1.53 bits per heavy atom. The first-order valence-electron chi connectivity index (χ1n) is 5.21. The number of H-pyrrole nitrogens is 1. The largest absolute Gasteiger partial charge is 0.493 e. The van der Waals surface area contributed by atoms with Crippen LogP contribution >= 0.6 is 11.8 Å². The summed E-state index contributed by atoms with van der Waals surface area (Å²) in [4.78, 5) is 28.2. The van der Waals surface area contributed by atoms with Crippen LogP contribution < -0.4 is 5.56 Å². The predicted molar refractivity (Wildman–Crippen MR) is 63.5 cm³/mol. The number of carboxylic acids is 1. The van der Waals surface area contributed by atoms with E-state index in [1.54, 1.807) is 0 Å². The summed E-state index contributed by atoms with van der Waals surface area (Å²) < 4.78 is 0. The predicted octanol–water partition coefficient (Wildman–Crippen LogP) is 0.995. The number of aliphatic carboxylic acids is 1. The molecule has 0 saturated heterocycles. The number of rotatable bonds is 6. The van der Waals surface area contributed by atoms with E-state index < -0.39 is 5.97 Å². The minimum atomic E-state index is -0.910. The molecule has 0 saturated carbocycles. The Morgan fingerprint density at radius 2 is 2.24 bits per heavy atom. The lowest BCUT2D eigenvalue weighted by molar-refractivity contribution is -0.136. The molecule has 1 heterocycles. The Morgan fingerprint density at radius 3 is 2.76 bits per heavy atom. The molecule has 7 heteroatoms. The van der Waals surface area contributed by atoms with Gasteiger partial charge in [0.15, 0.2) is 5.16 Å². The van der Waals surface area contributed by atoms with E-state index in [0.717, 1.165) is 18.2 Å². The van der Waals surface area contributed by atoms with Gasteiger partial charge in [0.2, 0.25) is 5.88 Å². The van der Waals surface area contributed by atoms with Crippen molar-refractivity contribution in [2.45, 2.75) is 31.3 Å². The molecule has 3 N–H and O–H groups in total. The number of hydrogen-bond donors (Lipinski definition) is 3. The van der Waals surface area contributed by atoms with Crippen LogP contribution in [0, 0.1) is 0 Å². The summed E-state index contributed by atoms with van der Waals surface area (Å²) in [5.41, 5.74) is -0.0905. The summed E-state index contributed by atoms with van der Waals surface area (Å²) in [6, 6.07) is 0. The standard InChI is InChI=1S/C10H14N2O4S/c1-2-3-6-8(15)11-10(12-9(6)16)17-5-4-7(13)14/h2-5H2,1H3,(H,13,14)(H2,11,12,15,16). The van der Waals surface area contributed by atoms with Gasteiger partial charge < -0.3 is 15.2 Å². The molecule has 0 bridgehead atoms. The first kappa shape index (κ1) is 13.6. The van der Waals surface area contributed by atoms with Gasteiger partial charge in [-0.25, -0.2) is 0 Å². The number of carbonyl (C=O) groups is 1. The van der Waals surface area contributed by atoms with Crippen LogP contribution in [0.25, 0.3) is 0 Å². The molecule has 17 heavy (non-hydrogen) atoms. The van der Waals surface area contributed by atoms with Crippen molar-refractivity contribution < 1.29 is 15.0 Å². The van der Waals surface area contributed by atoms with Crippen LogP contribution in [0.15, 0.2) is 9.95 Å². The lowest BCUT2D eigenvalue weighted by atomic mass is 10.2. The molecule has 0 unspecified atom stereocenters. The Labute approximate surface area is 102 Å². The van der Waals surface area contributed by atoms with Crippen molar-refractivity contribution >= 4 is 17.7 Å². The highest BCUT2D eigenvalue weighted by Gasteiger charge is 2.10. The second-order valence-corrected chi connectivity index (χ2v) is 4.50. The summed E-state index contributed by atoms with van der Waals surface area (Å²) in [6.07, 6.45) is 1.18. The van der Waals surface area contributed by atoms with Gasteiger partial charge in [0.05, 0.1) is 12.0 Å². The van der Waals surface area contributed by atoms with Gasteiger partial charge >= 0.3 is 5.97 Å². The van der Waals surface area contributed by atoms with Gasteiger partial charge in [-0.15, -0.1) is 0 Å².